The van der Waals surface area contributed by atoms with Crippen LogP contribution in [0.25, 0.3) is 0 Å². The summed E-state index contributed by atoms with van der Waals surface area (Å²) in [6.07, 6.45) is 1.47. The lowest BCUT2D eigenvalue weighted by Gasteiger charge is -2.35. The zero-order valence-electron chi connectivity index (χ0n) is 11.5. The van der Waals surface area contributed by atoms with Crippen molar-refractivity contribution in [3.63, 3.8) is 0 Å². The van der Waals surface area contributed by atoms with Gasteiger partial charge in [0.05, 0.1) is 23.7 Å². The second-order valence-electron chi connectivity index (χ2n) is 5.29. The van der Waals surface area contributed by atoms with E-state index < -0.39 is 21.4 Å². The molecule has 0 radical (unpaired) electrons. The maximum atomic E-state index is 11.5. The van der Waals surface area contributed by atoms with Gasteiger partial charge in [-0.1, -0.05) is 13.8 Å². The van der Waals surface area contributed by atoms with Gasteiger partial charge in [-0.15, -0.1) is 0 Å². The van der Waals surface area contributed by atoms with Gasteiger partial charge in [-0.3, -0.25) is 9.69 Å². The fourth-order valence-electron chi connectivity index (χ4n) is 2.40. The van der Waals surface area contributed by atoms with Gasteiger partial charge in [-0.2, -0.15) is 0 Å². The van der Waals surface area contributed by atoms with Crippen molar-refractivity contribution in [2.24, 2.45) is 0 Å². The molecule has 6 nitrogen and oxygen atoms in total. The summed E-state index contributed by atoms with van der Waals surface area (Å²) < 4.78 is 23.0. The Hall–Kier alpha value is -0.660. The molecule has 1 unspecified atom stereocenters. The third-order valence-electron chi connectivity index (χ3n) is 3.88. The fraction of sp³-hybridized carbons (Fsp3) is 0.917. The van der Waals surface area contributed by atoms with Crippen molar-refractivity contribution in [1.29, 1.82) is 0 Å². The number of aliphatic hydroxyl groups is 1. The van der Waals surface area contributed by atoms with E-state index in [9.17, 15) is 18.3 Å². The summed E-state index contributed by atoms with van der Waals surface area (Å²) in [4.78, 5) is 12.5. The van der Waals surface area contributed by atoms with E-state index in [4.69, 9.17) is 5.11 Å². The van der Waals surface area contributed by atoms with Crippen molar-refractivity contribution in [2.75, 3.05) is 24.6 Å². The molecule has 1 atom stereocenters. The van der Waals surface area contributed by atoms with Gasteiger partial charge in [-0.25, -0.2) is 8.42 Å². The van der Waals surface area contributed by atoms with E-state index in [1.807, 2.05) is 13.8 Å². The molecule has 0 aromatic carbocycles. The largest absolute Gasteiger partial charge is 0.480 e. The Morgan fingerprint density at radius 3 is 2.32 bits per heavy atom. The SMILES string of the molecule is CCC(O)(CC)CN(CC(=O)O)C1CCS(=O)(=O)C1. The highest BCUT2D eigenvalue weighted by atomic mass is 32.2. The molecular formula is C12H23NO5S. The number of nitrogens with zero attached hydrogens (tertiary/aromatic N) is 1. The minimum atomic E-state index is -3.06. The Kier molecular flexibility index (Phi) is 5.34. The van der Waals surface area contributed by atoms with E-state index in [-0.39, 0.29) is 30.6 Å². The zero-order valence-corrected chi connectivity index (χ0v) is 12.3. The molecular weight excluding hydrogens is 270 g/mol. The molecule has 2 N–H and O–H groups in total. The lowest BCUT2D eigenvalue weighted by atomic mass is 9.96. The highest BCUT2D eigenvalue weighted by molar-refractivity contribution is 7.91. The monoisotopic (exact) mass is 293 g/mol. The normalized spacial score (nSPS) is 22.8. The summed E-state index contributed by atoms with van der Waals surface area (Å²) in [6.45, 7) is 3.65. The molecule has 1 rings (SSSR count). The molecule has 19 heavy (non-hydrogen) atoms. The predicted molar refractivity (Wildman–Crippen MR) is 71.8 cm³/mol. The molecule has 0 saturated carbocycles. The lowest BCUT2D eigenvalue weighted by molar-refractivity contribution is -0.139. The second kappa shape index (κ2) is 6.19. The van der Waals surface area contributed by atoms with Gasteiger partial charge >= 0.3 is 5.97 Å². The van der Waals surface area contributed by atoms with Gasteiger partial charge in [0.2, 0.25) is 0 Å². The fourth-order valence-corrected chi connectivity index (χ4v) is 4.16. The van der Waals surface area contributed by atoms with Crippen LogP contribution in [-0.2, 0) is 14.6 Å². The molecule has 1 aliphatic heterocycles. The molecule has 0 aromatic rings. The van der Waals surface area contributed by atoms with Gasteiger partial charge in [0.25, 0.3) is 0 Å². The quantitative estimate of drug-likeness (QED) is 0.692. The first-order chi connectivity index (χ1) is 8.71. The van der Waals surface area contributed by atoms with E-state index >= 15 is 0 Å². The molecule has 1 fully saturated rings. The minimum Gasteiger partial charge on any atom is -0.480 e. The summed E-state index contributed by atoms with van der Waals surface area (Å²) in [6, 6.07) is -0.300. The summed E-state index contributed by atoms with van der Waals surface area (Å²) in [5.74, 6) is -0.910. The number of carboxylic acid groups (broad SMARTS) is 1. The van der Waals surface area contributed by atoms with Crippen LogP contribution in [0.5, 0.6) is 0 Å². The Labute approximate surface area is 114 Å². The Morgan fingerprint density at radius 2 is 1.95 bits per heavy atom. The first-order valence-corrected chi connectivity index (χ1v) is 8.42. The minimum absolute atomic E-state index is 0.0101. The summed E-state index contributed by atoms with van der Waals surface area (Å²) in [7, 11) is -3.06. The van der Waals surface area contributed by atoms with E-state index in [0.29, 0.717) is 19.3 Å². The van der Waals surface area contributed by atoms with Gasteiger partial charge in [0, 0.05) is 12.6 Å². The van der Waals surface area contributed by atoms with E-state index in [0.717, 1.165) is 0 Å². The van der Waals surface area contributed by atoms with Crippen LogP contribution in [0.3, 0.4) is 0 Å². The molecule has 0 amide bonds. The van der Waals surface area contributed by atoms with Crippen LogP contribution in [0, 0.1) is 0 Å². The van der Waals surface area contributed by atoms with Crippen molar-refractivity contribution in [3.05, 3.63) is 0 Å². The molecule has 112 valence electrons. The number of sulfone groups is 1. The van der Waals surface area contributed by atoms with Crippen LogP contribution in [0.2, 0.25) is 0 Å². The van der Waals surface area contributed by atoms with Gasteiger partial charge in [-0.05, 0) is 19.3 Å². The summed E-state index contributed by atoms with van der Waals surface area (Å²) >= 11 is 0. The topological polar surface area (TPSA) is 94.9 Å². The van der Waals surface area contributed by atoms with Crippen LogP contribution in [0.15, 0.2) is 0 Å². The summed E-state index contributed by atoms with van der Waals surface area (Å²) in [5, 5.41) is 19.3. The second-order valence-corrected chi connectivity index (χ2v) is 7.52. The highest BCUT2D eigenvalue weighted by Gasteiger charge is 2.36. The number of carbonyl (C=O) groups is 1. The Bertz CT molecular complexity index is 416. The van der Waals surface area contributed by atoms with Crippen LogP contribution in [0.4, 0.5) is 0 Å². The number of hydrogen-bond acceptors (Lipinski definition) is 5. The summed E-state index contributed by atoms with van der Waals surface area (Å²) in [5.41, 5.74) is -0.957. The first-order valence-electron chi connectivity index (χ1n) is 6.60. The third-order valence-corrected chi connectivity index (χ3v) is 5.63. The van der Waals surface area contributed by atoms with Crippen molar-refractivity contribution >= 4 is 15.8 Å². The molecule has 1 heterocycles. The van der Waals surface area contributed by atoms with Crippen molar-refractivity contribution < 1.29 is 23.4 Å². The highest BCUT2D eigenvalue weighted by Crippen LogP contribution is 2.23. The molecule has 7 heteroatoms. The maximum absolute atomic E-state index is 11.5. The van der Waals surface area contributed by atoms with E-state index in [1.165, 1.54) is 0 Å². The first kappa shape index (κ1) is 16.4. The molecule has 1 saturated heterocycles. The zero-order chi connectivity index (χ0) is 14.7. The lowest BCUT2D eigenvalue weighted by Crippen LogP contribution is -2.49. The standard InChI is InChI=1S/C12H23NO5S/c1-3-12(16,4-2)9-13(7-11(14)15)10-5-6-19(17,18)8-10/h10,16H,3-9H2,1-2H3,(H,14,15). The third kappa shape index (κ3) is 4.74. The average molecular weight is 293 g/mol. The van der Waals surface area contributed by atoms with E-state index in [1.54, 1.807) is 4.90 Å². The van der Waals surface area contributed by atoms with Crippen LogP contribution in [-0.4, -0.2) is 65.7 Å². The molecule has 0 aliphatic carbocycles. The van der Waals surface area contributed by atoms with Crippen LogP contribution >= 0.6 is 0 Å². The van der Waals surface area contributed by atoms with E-state index in [2.05, 4.69) is 0 Å². The van der Waals surface area contributed by atoms with Crippen LogP contribution in [0.1, 0.15) is 33.1 Å². The van der Waals surface area contributed by atoms with Crippen LogP contribution < -0.4 is 0 Å². The molecule has 0 aromatic heterocycles. The van der Waals surface area contributed by atoms with Gasteiger partial charge < -0.3 is 10.2 Å². The smallest absolute Gasteiger partial charge is 0.317 e. The van der Waals surface area contributed by atoms with Gasteiger partial charge in [0.15, 0.2) is 9.84 Å². The van der Waals surface area contributed by atoms with Crippen molar-refractivity contribution in [2.45, 2.75) is 44.8 Å². The molecule has 0 bridgehead atoms. The molecule has 0 spiro atoms. The number of hydrogen-bond donors (Lipinski definition) is 2. The number of rotatable bonds is 7. The Balaban J connectivity index is 2.81. The number of carboxylic acids is 1. The maximum Gasteiger partial charge on any atom is 0.317 e. The Morgan fingerprint density at radius 1 is 1.37 bits per heavy atom. The van der Waals surface area contributed by atoms with Gasteiger partial charge in [0.1, 0.15) is 0 Å². The average Bonchev–Trinajstić information content (AvgIpc) is 2.68. The van der Waals surface area contributed by atoms with Crippen molar-refractivity contribution in [1.82, 2.24) is 4.90 Å². The number of aliphatic carboxylic acids is 1. The van der Waals surface area contributed by atoms with Crippen molar-refractivity contribution in [3.8, 4) is 0 Å². The molecule has 1 aliphatic rings. The predicted octanol–water partition coefficient (Wildman–Crippen LogP) is 0.111.